The van der Waals surface area contributed by atoms with E-state index in [4.69, 9.17) is 17.3 Å². The molecule has 0 aliphatic rings. The van der Waals surface area contributed by atoms with Crippen LogP contribution in [0.2, 0.25) is 5.02 Å². The molecule has 2 N–H and O–H groups in total. The summed E-state index contributed by atoms with van der Waals surface area (Å²) in [6.07, 6.45) is 0. The van der Waals surface area contributed by atoms with Crippen LogP contribution in [0.4, 0.5) is 0 Å². The summed E-state index contributed by atoms with van der Waals surface area (Å²) in [5, 5.41) is 2.94. The van der Waals surface area contributed by atoms with Gasteiger partial charge in [0.15, 0.2) is 0 Å². The van der Waals surface area contributed by atoms with Gasteiger partial charge in [-0.2, -0.15) is 0 Å². The molecule has 3 rings (SSSR count). The number of fused-ring (bicyclic) bond motifs is 1. The minimum Gasteiger partial charge on any atom is -0.320 e. The Morgan fingerprint density at radius 3 is 2.29 bits per heavy atom. The number of aryl methyl sites for hydroxylation is 2. The minimum atomic E-state index is -0.147. The standard InChI is InChI=1S/C19H18ClN/c1-12-7-8-14(11-13(12)2)19(21)17-9-10-18(20)16-6-4-3-5-15(16)17/h3-11,19H,21H2,1-2H3. The fourth-order valence-corrected chi connectivity index (χ4v) is 2.92. The molecule has 0 amide bonds. The summed E-state index contributed by atoms with van der Waals surface area (Å²) in [7, 11) is 0. The first-order valence-electron chi connectivity index (χ1n) is 7.08. The zero-order valence-electron chi connectivity index (χ0n) is 12.2. The van der Waals surface area contributed by atoms with Crippen molar-refractivity contribution < 1.29 is 0 Å². The quantitative estimate of drug-likeness (QED) is 0.694. The topological polar surface area (TPSA) is 26.0 Å². The third kappa shape index (κ3) is 2.55. The molecule has 2 heteroatoms. The second-order valence-corrected chi connectivity index (χ2v) is 5.91. The highest BCUT2D eigenvalue weighted by atomic mass is 35.5. The normalized spacial score (nSPS) is 12.6. The highest BCUT2D eigenvalue weighted by Crippen LogP contribution is 2.32. The summed E-state index contributed by atoms with van der Waals surface area (Å²) < 4.78 is 0. The van der Waals surface area contributed by atoms with E-state index in [9.17, 15) is 0 Å². The molecule has 3 aromatic carbocycles. The van der Waals surface area contributed by atoms with Crippen LogP contribution in [0.15, 0.2) is 54.6 Å². The second-order valence-electron chi connectivity index (χ2n) is 5.50. The summed E-state index contributed by atoms with van der Waals surface area (Å²) in [5.74, 6) is 0. The molecule has 0 radical (unpaired) electrons. The zero-order chi connectivity index (χ0) is 15.0. The molecule has 0 saturated heterocycles. The Bertz CT molecular complexity index is 808. The zero-order valence-corrected chi connectivity index (χ0v) is 13.0. The van der Waals surface area contributed by atoms with Crippen LogP contribution in [0.1, 0.15) is 28.3 Å². The molecule has 0 heterocycles. The van der Waals surface area contributed by atoms with E-state index in [1.165, 1.54) is 11.1 Å². The molecule has 1 atom stereocenters. The number of nitrogens with two attached hydrogens (primary N) is 1. The van der Waals surface area contributed by atoms with Crippen molar-refractivity contribution in [3.63, 3.8) is 0 Å². The maximum absolute atomic E-state index is 6.51. The largest absolute Gasteiger partial charge is 0.320 e. The summed E-state index contributed by atoms with van der Waals surface area (Å²) in [6.45, 7) is 4.23. The molecule has 1 unspecified atom stereocenters. The molecule has 0 aliphatic heterocycles. The SMILES string of the molecule is Cc1ccc(C(N)c2ccc(Cl)c3ccccc23)cc1C. The van der Waals surface area contributed by atoms with Crippen molar-refractivity contribution in [2.75, 3.05) is 0 Å². The number of hydrogen-bond acceptors (Lipinski definition) is 1. The van der Waals surface area contributed by atoms with Crippen LogP contribution in [-0.2, 0) is 0 Å². The fourth-order valence-electron chi connectivity index (χ4n) is 2.69. The van der Waals surface area contributed by atoms with Crippen LogP contribution >= 0.6 is 11.6 Å². The van der Waals surface area contributed by atoms with Crippen LogP contribution < -0.4 is 5.73 Å². The van der Waals surface area contributed by atoms with E-state index in [1.54, 1.807) is 0 Å². The van der Waals surface area contributed by atoms with Crippen molar-refractivity contribution in [1.29, 1.82) is 0 Å². The minimum absolute atomic E-state index is 0.147. The average Bonchev–Trinajstić information content (AvgIpc) is 2.50. The summed E-state index contributed by atoms with van der Waals surface area (Å²) in [5.41, 5.74) is 11.3. The van der Waals surface area contributed by atoms with Gasteiger partial charge in [0, 0.05) is 10.4 Å². The van der Waals surface area contributed by atoms with Gasteiger partial charge in [0.25, 0.3) is 0 Å². The van der Waals surface area contributed by atoms with E-state index in [0.29, 0.717) is 0 Å². The molecular weight excluding hydrogens is 278 g/mol. The van der Waals surface area contributed by atoms with Gasteiger partial charge in [-0.15, -0.1) is 0 Å². The maximum atomic E-state index is 6.51. The number of hydrogen-bond donors (Lipinski definition) is 1. The Balaban J connectivity index is 2.15. The smallest absolute Gasteiger partial charge is 0.0557 e. The van der Waals surface area contributed by atoms with Gasteiger partial charge in [0.05, 0.1) is 6.04 Å². The molecular formula is C19H18ClN. The van der Waals surface area contributed by atoms with Crippen molar-refractivity contribution in [2.45, 2.75) is 19.9 Å². The van der Waals surface area contributed by atoms with Crippen molar-refractivity contribution in [2.24, 2.45) is 5.73 Å². The Morgan fingerprint density at radius 1 is 0.857 bits per heavy atom. The molecule has 0 spiro atoms. The Hall–Kier alpha value is -1.83. The molecule has 0 aliphatic carbocycles. The van der Waals surface area contributed by atoms with Crippen molar-refractivity contribution in [3.05, 3.63) is 81.9 Å². The molecule has 0 saturated carbocycles. The van der Waals surface area contributed by atoms with E-state index in [2.05, 4.69) is 38.1 Å². The van der Waals surface area contributed by atoms with Gasteiger partial charge in [-0.1, -0.05) is 60.1 Å². The molecule has 106 valence electrons. The van der Waals surface area contributed by atoms with E-state index >= 15 is 0 Å². The average molecular weight is 296 g/mol. The molecule has 21 heavy (non-hydrogen) atoms. The van der Waals surface area contributed by atoms with E-state index < -0.39 is 0 Å². The lowest BCUT2D eigenvalue weighted by molar-refractivity contribution is 0.878. The summed E-state index contributed by atoms with van der Waals surface area (Å²) >= 11 is 6.28. The number of halogens is 1. The van der Waals surface area contributed by atoms with E-state index in [0.717, 1.165) is 26.9 Å². The van der Waals surface area contributed by atoms with Crippen LogP contribution in [0.5, 0.6) is 0 Å². The van der Waals surface area contributed by atoms with Crippen LogP contribution in [0.25, 0.3) is 10.8 Å². The monoisotopic (exact) mass is 295 g/mol. The van der Waals surface area contributed by atoms with E-state index in [1.807, 2.05) is 30.3 Å². The first kappa shape index (κ1) is 14.1. The van der Waals surface area contributed by atoms with Gasteiger partial charge in [-0.25, -0.2) is 0 Å². The number of benzene rings is 3. The first-order valence-corrected chi connectivity index (χ1v) is 7.45. The fraction of sp³-hybridized carbons (Fsp3) is 0.158. The third-order valence-corrected chi connectivity index (χ3v) is 4.46. The van der Waals surface area contributed by atoms with Gasteiger partial charge < -0.3 is 5.73 Å². The van der Waals surface area contributed by atoms with Crippen LogP contribution in [0.3, 0.4) is 0 Å². The maximum Gasteiger partial charge on any atom is 0.0557 e. The molecule has 0 fully saturated rings. The van der Waals surface area contributed by atoms with Crippen molar-refractivity contribution in [3.8, 4) is 0 Å². The van der Waals surface area contributed by atoms with Crippen molar-refractivity contribution in [1.82, 2.24) is 0 Å². The van der Waals surface area contributed by atoms with Crippen molar-refractivity contribution >= 4 is 22.4 Å². The predicted octanol–water partition coefficient (Wildman–Crippen LogP) is 5.16. The molecule has 3 aromatic rings. The van der Waals surface area contributed by atoms with Gasteiger partial charge in [0.2, 0.25) is 0 Å². The molecule has 0 aromatic heterocycles. The first-order chi connectivity index (χ1) is 10.1. The Morgan fingerprint density at radius 2 is 1.57 bits per heavy atom. The number of rotatable bonds is 2. The summed E-state index contributed by atoms with van der Waals surface area (Å²) in [4.78, 5) is 0. The highest BCUT2D eigenvalue weighted by molar-refractivity contribution is 6.35. The lowest BCUT2D eigenvalue weighted by Gasteiger charge is -2.17. The van der Waals surface area contributed by atoms with Crippen LogP contribution in [-0.4, -0.2) is 0 Å². The van der Waals surface area contributed by atoms with Gasteiger partial charge >= 0.3 is 0 Å². The predicted molar refractivity (Wildman–Crippen MR) is 90.9 cm³/mol. The third-order valence-electron chi connectivity index (χ3n) is 4.13. The second kappa shape index (κ2) is 5.51. The van der Waals surface area contributed by atoms with Crippen LogP contribution in [0, 0.1) is 13.8 Å². The molecule has 0 bridgehead atoms. The summed E-state index contributed by atoms with van der Waals surface area (Å²) in [6, 6.07) is 18.4. The van der Waals surface area contributed by atoms with Gasteiger partial charge in [-0.05, 0) is 47.6 Å². The lowest BCUT2D eigenvalue weighted by atomic mass is 9.93. The van der Waals surface area contributed by atoms with E-state index in [-0.39, 0.29) is 6.04 Å². The Kier molecular flexibility index (Phi) is 3.71. The van der Waals surface area contributed by atoms with Gasteiger partial charge in [0.1, 0.15) is 0 Å². The lowest BCUT2D eigenvalue weighted by Crippen LogP contribution is -2.12. The highest BCUT2D eigenvalue weighted by Gasteiger charge is 2.14. The van der Waals surface area contributed by atoms with Gasteiger partial charge in [-0.3, -0.25) is 0 Å². The molecule has 1 nitrogen and oxygen atoms in total. The Labute approximate surface area is 130 Å².